The number of halogens is 8. The molecule has 0 unspecified atom stereocenters. The van der Waals surface area contributed by atoms with Crippen molar-refractivity contribution >= 4 is 17.4 Å². The second kappa shape index (κ2) is 8.27. The number of benzene rings is 1. The molecule has 7 nitrogen and oxygen atoms in total. The number of carbonyl (C=O) groups is 1. The first-order chi connectivity index (χ1) is 16.9. The van der Waals surface area contributed by atoms with E-state index < -0.39 is 64.7 Å². The van der Waals surface area contributed by atoms with Gasteiger partial charge in [0, 0.05) is 29.9 Å². The van der Waals surface area contributed by atoms with Crippen LogP contribution in [0.5, 0.6) is 0 Å². The van der Waals surface area contributed by atoms with Crippen molar-refractivity contribution in [3.8, 4) is 0 Å². The van der Waals surface area contributed by atoms with E-state index in [2.05, 4.69) is 20.5 Å². The van der Waals surface area contributed by atoms with Crippen LogP contribution in [-0.2, 0) is 12.7 Å². The van der Waals surface area contributed by atoms with Gasteiger partial charge >= 0.3 is 6.18 Å². The molecule has 15 heteroatoms. The zero-order valence-electron chi connectivity index (χ0n) is 17.7. The van der Waals surface area contributed by atoms with Gasteiger partial charge in [-0.3, -0.25) is 9.48 Å². The Morgan fingerprint density at radius 3 is 2.22 bits per heavy atom. The van der Waals surface area contributed by atoms with Gasteiger partial charge in [-0.1, -0.05) is 0 Å². The minimum absolute atomic E-state index is 0.0926. The molecular weight excluding hydrogens is 504 g/mol. The highest BCUT2D eigenvalue weighted by Crippen LogP contribution is 2.41. The Balaban J connectivity index is 1.39. The molecule has 188 valence electrons. The molecule has 0 radical (unpaired) electrons. The molecule has 1 saturated carbocycles. The van der Waals surface area contributed by atoms with Crippen molar-refractivity contribution < 1.29 is 39.9 Å². The Kier molecular flexibility index (Phi) is 5.44. The minimum Gasteiger partial charge on any atom is -0.304 e. The van der Waals surface area contributed by atoms with Crippen LogP contribution in [0.3, 0.4) is 0 Å². The van der Waals surface area contributed by atoms with E-state index in [1.165, 1.54) is 0 Å². The van der Waals surface area contributed by atoms with Gasteiger partial charge in [0.15, 0.2) is 40.4 Å². The minimum atomic E-state index is -4.76. The normalized spacial score (nSPS) is 14.0. The fourth-order valence-corrected chi connectivity index (χ4v) is 3.54. The molecule has 0 saturated heterocycles. The number of rotatable bonds is 5. The molecule has 36 heavy (non-hydrogen) atoms. The molecule has 0 spiro atoms. The van der Waals surface area contributed by atoms with Crippen molar-refractivity contribution in [2.75, 3.05) is 5.32 Å². The van der Waals surface area contributed by atoms with Crippen molar-refractivity contribution in [1.82, 2.24) is 24.4 Å². The van der Waals surface area contributed by atoms with Gasteiger partial charge in [-0.2, -0.15) is 23.4 Å². The van der Waals surface area contributed by atoms with Crippen LogP contribution in [0, 0.1) is 29.1 Å². The standard InChI is InChI=1S/C21H12F8N6O/c22-15-9(16(23)18(25)19(26)17(15)24)7-34-4-3-13(33-34)31-20(36)11-6-14-30-10(8-1-2-8)5-12(21(27,28)29)35(14)32-11/h3-6,8H,1-2,7H2,(H,31,33,36). The summed E-state index contributed by atoms with van der Waals surface area (Å²) in [4.78, 5) is 16.7. The van der Waals surface area contributed by atoms with Crippen molar-refractivity contribution in [2.45, 2.75) is 31.5 Å². The first-order valence-electron chi connectivity index (χ1n) is 10.3. The lowest BCUT2D eigenvalue weighted by molar-refractivity contribution is -0.142. The lowest BCUT2D eigenvalue weighted by Crippen LogP contribution is -2.16. The fraction of sp³-hybridized carbons (Fsp3) is 0.238. The van der Waals surface area contributed by atoms with Crippen LogP contribution in [-0.4, -0.2) is 30.3 Å². The van der Waals surface area contributed by atoms with Crippen LogP contribution in [0.1, 0.15) is 46.2 Å². The lowest BCUT2D eigenvalue weighted by atomic mass is 10.1. The molecule has 1 aliphatic carbocycles. The van der Waals surface area contributed by atoms with Gasteiger partial charge in [-0.25, -0.2) is 31.5 Å². The summed E-state index contributed by atoms with van der Waals surface area (Å²) in [5, 5.41) is 9.71. The number of carbonyl (C=O) groups excluding carboxylic acids is 1. The van der Waals surface area contributed by atoms with E-state index in [4.69, 9.17) is 0 Å². The molecule has 1 fully saturated rings. The summed E-state index contributed by atoms with van der Waals surface area (Å²) in [6.45, 7) is -0.862. The number of alkyl halides is 3. The Morgan fingerprint density at radius 2 is 1.61 bits per heavy atom. The summed E-state index contributed by atoms with van der Waals surface area (Å²) in [5.74, 6) is -11.9. The van der Waals surface area contributed by atoms with Gasteiger partial charge in [-0.05, 0) is 18.9 Å². The van der Waals surface area contributed by atoms with Crippen LogP contribution in [0.4, 0.5) is 40.9 Å². The van der Waals surface area contributed by atoms with Crippen molar-refractivity contribution in [3.05, 3.63) is 76.1 Å². The molecule has 1 N–H and O–H groups in total. The van der Waals surface area contributed by atoms with Crippen LogP contribution >= 0.6 is 0 Å². The molecule has 1 amide bonds. The van der Waals surface area contributed by atoms with Gasteiger partial charge < -0.3 is 5.32 Å². The molecule has 1 aromatic carbocycles. The molecule has 1 aliphatic rings. The third-order valence-electron chi connectivity index (χ3n) is 5.47. The summed E-state index contributed by atoms with van der Waals surface area (Å²) < 4.78 is 110. The number of hydrogen-bond donors (Lipinski definition) is 1. The molecule has 5 rings (SSSR count). The Bertz CT molecular complexity index is 1490. The average Bonchev–Trinajstić information content (AvgIpc) is 3.44. The summed E-state index contributed by atoms with van der Waals surface area (Å²) >= 11 is 0. The lowest BCUT2D eigenvalue weighted by Gasteiger charge is -2.10. The van der Waals surface area contributed by atoms with Gasteiger partial charge in [0.25, 0.3) is 5.91 Å². The highest BCUT2D eigenvalue weighted by atomic mass is 19.4. The monoisotopic (exact) mass is 516 g/mol. The molecule has 3 heterocycles. The van der Waals surface area contributed by atoms with E-state index in [1.54, 1.807) is 0 Å². The highest BCUT2D eigenvalue weighted by molar-refractivity contribution is 6.02. The summed E-state index contributed by atoms with van der Waals surface area (Å²) in [7, 11) is 0. The SMILES string of the molecule is O=C(Nc1ccn(Cc2c(F)c(F)c(F)c(F)c2F)n1)c1cc2nc(C3CC3)cc(C(F)(F)F)n2n1. The van der Waals surface area contributed by atoms with E-state index in [0.29, 0.717) is 17.4 Å². The van der Waals surface area contributed by atoms with Crippen LogP contribution in [0.2, 0.25) is 0 Å². The Hall–Kier alpha value is -4.04. The highest BCUT2D eigenvalue weighted by Gasteiger charge is 2.37. The first-order valence-corrected chi connectivity index (χ1v) is 10.3. The summed E-state index contributed by atoms with van der Waals surface area (Å²) in [6, 6.07) is 3.09. The van der Waals surface area contributed by atoms with Gasteiger partial charge in [-0.15, -0.1) is 0 Å². The quantitative estimate of drug-likeness (QED) is 0.235. The second-order valence-electron chi connectivity index (χ2n) is 8.04. The maximum absolute atomic E-state index is 13.9. The summed E-state index contributed by atoms with van der Waals surface area (Å²) in [6.07, 6.45) is -2.26. The van der Waals surface area contributed by atoms with Gasteiger partial charge in [0.05, 0.1) is 12.1 Å². The molecule has 0 bridgehead atoms. The largest absolute Gasteiger partial charge is 0.433 e. The number of aromatic nitrogens is 5. The first kappa shape index (κ1) is 23.7. The molecule has 4 aromatic rings. The third kappa shape index (κ3) is 4.13. The number of amides is 1. The third-order valence-corrected chi connectivity index (χ3v) is 5.47. The van der Waals surface area contributed by atoms with Crippen molar-refractivity contribution in [3.63, 3.8) is 0 Å². The topological polar surface area (TPSA) is 77.1 Å². The van der Waals surface area contributed by atoms with Gasteiger partial charge in [0.2, 0.25) is 5.82 Å². The molecule has 0 atom stereocenters. The van der Waals surface area contributed by atoms with Crippen molar-refractivity contribution in [2.24, 2.45) is 0 Å². The fourth-order valence-electron chi connectivity index (χ4n) is 3.54. The number of anilines is 1. The molecule has 0 aliphatic heterocycles. The van der Waals surface area contributed by atoms with Crippen LogP contribution < -0.4 is 5.32 Å². The zero-order valence-corrected chi connectivity index (χ0v) is 17.7. The van der Waals surface area contributed by atoms with E-state index >= 15 is 0 Å². The maximum atomic E-state index is 13.9. The second-order valence-corrected chi connectivity index (χ2v) is 8.04. The maximum Gasteiger partial charge on any atom is 0.433 e. The molecular formula is C21H12F8N6O. The number of fused-ring (bicyclic) bond motifs is 1. The summed E-state index contributed by atoms with van der Waals surface area (Å²) in [5.41, 5.74) is -2.61. The van der Waals surface area contributed by atoms with E-state index in [9.17, 15) is 39.9 Å². The number of nitrogens with one attached hydrogen (secondary N) is 1. The smallest absolute Gasteiger partial charge is 0.304 e. The number of hydrogen-bond acceptors (Lipinski definition) is 4. The van der Waals surface area contributed by atoms with E-state index in [1.807, 2.05) is 0 Å². The Labute approximate surface area is 195 Å². The van der Waals surface area contributed by atoms with E-state index in [-0.39, 0.29) is 23.1 Å². The van der Waals surface area contributed by atoms with Gasteiger partial charge in [0.1, 0.15) is 5.69 Å². The predicted octanol–water partition coefficient (Wildman–Crippen LogP) is 4.82. The average molecular weight is 516 g/mol. The van der Waals surface area contributed by atoms with Crippen LogP contribution in [0.15, 0.2) is 24.4 Å². The Morgan fingerprint density at radius 1 is 0.972 bits per heavy atom. The van der Waals surface area contributed by atoms with Crippen molar-refractivity contribution in [1.29, 1.82) is 0 Å². The predicted molar refractivity (Wildman–Crippen MR) is 105 cm³/mol. The number of nitrogens with zero attached hydrogens (tertiary/aromatic N) is 5. The molecule has 3 aromatic heterocycles. The van der Waals surface area contributed by atoms with Crippen LogP contribution in [0.25, 0.3) is 5.65 Å². The van der Waals surface area contributed by atoms with E-state index in [0.717, 1.165) is 29.1 Å². The zero-order chi connectivity index (χ0) is 25.9.